The number of aromatic nitrogens is 2. The number of hydrogen-bond donors (Lipinski definition) is 2. The third-order valence-corrected chi connectivity index (χ3v) is 4.54. The molecule has 0 radical (unpaired) electrons. The van der Waals surface area contributed by atoms with E-state index < -0.39 is 0 Å². The molecule has 3 aromatic rings. The van der Waals surface area contributed by atoms with Crippen molar-refractivity contribution >= 4 is 16.6 Å². The third-order valence-electron chi connectivity index (χ3n) is 4.54. The number of nitrogens with one attached hydrogen (secondary N) is 2. The van der Waals surface area contributed by atoms with Gasteiger partial charge in [-0.1, -0.05) is 63.2 Å². The zero-order valence-corrected chi connectivity index (χ0v) is 15.0. The summed E-state index contributed by atoms with van der Waals surface area (Å²) in [5.74, 6) is 1.75. The Morgan fingerprint density at radius 3 is 2.36 bits per heavy atom. The number of aromatic amines is 1. The molecule has 2 aromatic carbocycles. The van der Waals surface area contributed by atoms with E-state index in [1.807, 2.05) is 24.3 Å². The maximum Gasteiger partial charge on any atom is 0.272 e. The van der Waals surface area contributed by atoms with E-state index in [2.05, 4.69) is 60.6 Å². The molecule has 1 heterocycles. The summed E-state index contributed by atoms with van der Waals surface area (Å²) in [5, 5.41) is 11.6. The van der Waals surface area contributed by atoms with E-state index in [1.54, 1.807) is 0 Å². The Morgan fingerprint density at radius 2 is 1.68 bits per heavy atom. The molecule has 0 aliphatic rings. The van der Waals surface area contributed by atoms with Gasteiger partial charge in [-0.2, -0.15) is 5.10 Å². The molecule has 25 heavy (non-hydrogen) atoms. The van der Waals surface area contributed by atoms with Crippen LogP contribution in [-0.2, 0) is 6.42 Å². The number of fused-ring (bicyclic) bond motifs is 1. The summed E-state index contributed by atoms with van der Waals surface area (Å²) < 4.78 is 0. The van der Waals surface area contributed by atoms with E-state index >= 15 is 0 Å². The Labute approximate surface area is 148 Å². The second kappa shape index (κ2) is 7.51. The predicted octanol–water partition coefficient (Wildman–Crippen LogP) is 4.34. The predicted molar refractivity (Wildman–Crippen MR) is 104 cm³/mol. The van der Waals surface area contributed by atoms with Gasteiger partial charge in [0, 0.05) is 11.9 Å². The van der Waals surface area contributed by atoms with Crippen LogP contribution < -0.4 is 10.9 Å². The van der Waals surface area contributed by atoms with Crippen LogP contribution in [0.25, 0.3) is 10.8 Å². The van der Waals surface area contributed by atoms with Crippen molar-refractivity contribution in [3.05, 3.63) is 70.0 Å². The van der Waals surface area contributed by atoms with Crippen LogP contribution in [0.2, 0.25) is 0 Å². The van der Waals surface area contributed by atoms with Crippen LogP contribution >= 0.6 is 0 Å². The molecule has 0 saturated carbocycles. The van der Waals surface area contributed by atoms with E-state index in [9.17, 15) is 4.79 Å². The van der Waals surface area contributed by atoms with Gasteiger partial charge in [-0.15, -0.1) is 0 Å². The van der Waals surface area contributed by atoms with Crippen molar-refractivity contribution in [2.45, 2.75) is 33.1 Å². The Kier molecular flexibility index (Phi) is 5.17. The van der Waals surface area contributed by atoms with Gasteiger partial charge in [-0.05, 0) is 35.4 Å². The van der Waals surface area contributed by atoms with Crippen LogP contribution in [0.1, 0.15) is 37.8 Å². The fraction of sp³-hybridized carbons (Fsp3) is 0.333. The summed E-state index contributed by atoms with van der Waals surface area (Å²) in [6.45, 7) is 7.44. The number of benzene rings is 2. The minimum absolute atomic E-state index is 0.153. The molecular formula is C21H25N3O. The highest BCUT2D eigenvalue weighted by Crippen LogP contribution is 2.19. The highest BCUT2D eigenvalue weighted by atomic mass is 16.1. The van der Waals surface area contributed by atoms with E-state index in [0.717, 1.165) is 24.2 Å². The lowest BCUT2D eigenvalue weighted by Crippen LogP contribution is -2.17. The molecular weight excluding hydrogens is 310 g/mol. The van der Waals surface area contributed by atoms with Gasteiger partial charge in [0.25, 0.3) is 5.56 Å². The number of anilines is 1. The van der Waals surface area contributed by atoms with E-state index in [4.69, 9.17) is 0 Å². The lowest BCUT2D eigenvalue weighted by atomic mass is 9.97. The molecule has 1 atom stereocenters. The lowest BCUT2D eigenvalue weighted by molar-refractivity contribution is 0.610. The summed E-state index contributed by atoms with van der Waals surface area (Å²) in [6.07, 6.45) is 1.01. The minimum Gasteiger partial charge on any atom is -0.368 e. The second-order valence-electron chi connectivity index (χ2n) is 7.03. The van der Waals surface area contributed by atoms with Crippen LogP contribution in [0.5, 0.6) is 0 Å². The Bertz CT molecular complexity index is 897. The molecule has 3 rings (SSSR count). The first-order valence-corrected chi connectivity index (χ1v) is 8.84. The first-order valence-electron chi connectivity index (χ1n) is 8.84. The van der Waals surface area contributed by atoms with Gasteiger partial charge in [0.2, 0.25) is 0 Å². The molecule has 2 N–H and O–H groups in total. The average molecular weight is 335 g/mol. The molecule has 0 aliphatic heterocycles. The van der Waals surface area contributed by atoms with Gasteiger partial charge in [-0.25, -0.2) is 5.10 Å². The maximum absolute atomic E-state index is 11.8. The first-order chi connectivity index (χ1) is 12.0. The highest BCUT2D eigenvalue weighted by molar-refractivity contribution is 5.90. The first kappa shape index (κ1) is 17.2. The van der Waals surface area contributed by atoms with Gasteiger partial charge in [0.05, 0.1) is 5.39 Å². The molecule has 0 amide bonds. The average Bonchev–Trinajstić information content (AvgIpc) is 2.62. The van der Waals surface area contributed by atoms with Gasteiger partial charge >= 0.3 is 0 Å². The van der Waals surface area contributed by atoms with Crippen LogP contribution in [0.15, 0.2) is 53.3 Å². The molecule has 130 valence electrons. The summed E-state index contributed by atoms with van der Waals surface area (Å²) >= 11 is 0. The monoisotopic (exact) mass is 335 g/mol. The molecule has 1 aromatic heterocycles. The normalized spacial score (nSPS) is 12.5. The highest BCUT2D eigenvalue weighted by Gasteiger charge is 2.09. The van der Waals surface area contributed by atoms with Crippen molar-refractivity contribution < 1.29 is 0 Å². The molecule has 0 aliphatic carbocycles. The fourth-order valence-electron chi connectivity index (χ4n) is 3.03. The van der Waals surface area contributed by atoms with Crippen molar-refractivity contribution in [1.82, 2.24) is 10.2 Å². The molecule has 4 heteroatoms. The summed E-state index contributed by atoms with van der Waals surface area (Å²) in [4.78, 5) is 11.8. The summed E-state index contributed by atoms with van der Waals surface area (Å²) in [5.41, 5.74) is 2.57. The topological polar surface area (TPSA) is 57.8 Å². The van der Waals surface area contributed by atoms with Gasteiger partial charge in [0.1, 0.15) is 0 Å². The number of rotatable bonds is 6. The quantitative estimate of drug-likeness (QED) is 0.704. The molecule has 0 spiro atoms. The Hall–Kier alpha value is -2.62. The maximum atomic E-state index is 11.8. The van der Waals surface area contributed by atoms with Gasteiger partial charge in [0.15, 0.2) is 5.82 Å². The van der Waals surface area contributed by atoms with Crippen LogP contribution in [0.4, 0.5) is 5.82 Å². The van der Waals surface area contributed by atoms with Gasteiger partial charge < -0.3 is 5.32 Å². The third kappa shape index (κ3) is 4.08. The standard InChI is InChI=1S/C21H25N3O/c1-14(2)17-10-8-16(9-11-17)12-15(3)13-22-20-18-6-4-5-7-19(18)21(25)24-23-20/h4-11,14-15H,12-13H2,1-3H3,(H,22,23)(H,24,25). The van der Waals surface area contributed by atoms with Crippen molar-refractivity contribution in [2.75, 3.05) is 11.9 Å². The van der Waals surface area contributed by atoms with E-state index in [0.29, 0.717) is 17.2 Å². The fourth-order valence-corrected chi connectivity index (χ4v) is 3.03. The summed E-state index contributed by atoms with van der Waals surface area (Å²) in [6, 6.07) is 16.4. The van der Waals surface area contributed by atoms with Gasteiger partial charge in [-0.3, -0.25) is 4.79 Å². The lowest BCUT2D eigenvalue weighted by Gasteiger charge is -2.15. The summed E-state index contributed by atoms with van der Waals surface area (Å²) in [7, 11) is 0. The SMILES string of the molecule is CC(CNc1n[nH]c(=O)c2ccccc12)Cc1ccc(C(C)C)cc1. The molecule has 1 unspecified atom stereocenters. The van der Waals surface area contributed by atoms with E-state index in [-0.39, 0.29) is 5.56 Å². The van der Waals surface area contributed by atoms with Crippen molar-refractivity contribution in [3.63, 3.8) is 0 Å². The van der Waals surface area contributed by atoms with Crippen molar-refractivity contribution in [1.29, 1.82) is 0 Å². The van der Waals surface area contributed by atoms with Crippen molar-refractivity contribution in [3.8, 4) is 0 Å². The van der Waals surface area contributed by atoms with Crippen LogP contribution in [0.3, 0.4) is 0 Å². The minimum atomic E-state index is -0.153. The van der Waals surface area contributed by atoms with Crippen LogP contribution in [-0.4, -0.2) is 16.7 Å². The molecule has 0 saturated heterocycles. The van der Waals surface area contributed by atoms with E-state index in [1.165, 1.54) is 11.1 Å². The Balaban J connectivity index is 1.65. The molecule has 4 nitrogen and oxygen atoms in total. The largest absolute Gasteiger partial charge is 0.368 e. The number of hydrogen-bond acceptors (Lipinski definition) is 3. The molecule has 0 fully saturated rings. The number of nitrogens with zero attached hydrogens (tertiary/aromatic N) is 1. The Morgan fingerprint density at radius 1 is 1.00 bits per heavy atom. The smallest absolute Gasteiger partial charge is 0.272 e. The van der Waals surface area contributed by atoms with Crippen LogP contribution in [0, 0.1) is 5.92 Å². The second-order valence-corrected chi connectivity index (χ2v) is 7.03. The molecule has 0 bridgehead atoms. The van der Waals surface area contributed by atoms with Crippen molar-refractivity contribution in [2.24, 2.45) is 5.92 Å². The number of H-pyrrole nitrogens is 1. The zero-order chi connectivity index (χ0) is 17.8. The zero-order valence-electron chi connectivity index (χ0n) is 15.0.